The molecule has 0 radical (unpaired) electrons. The summed E-state index contributed by atoms with van der Waals surface area (Å²) in [5, 5.41) is 0.362. The first-order chi connectivity index (χ1) is 5.22. The van der Waals surface area contributed by atoms with Gasteiger partial charge in [-0.2, -0.15) is 0 Å². The monoisotopic (exact) mass is 174 g/mol. The topological polar surface area (TPSA) is 17.1 Å². The first kappa shape index (κ1) is 11.0. The smallest absolute Gasteiger partial charge is 0.191 e. The van der Waals surface area contributed by atoms with E-state index in [0.29, 0.717) is 5.12 Å². The van der Waals surface area contributed by atoms with Gasteiger partial charge in [0.25, 0.3) is 0 Å². The van der Waals surface area contributed by atoms with Crippen molar-refractivity contribution in [2.75, 3.05) is 5.75 Å². The average Bonchev–Trinajstić information content (AvgIpc) is 2.03. The van der Waals surface area contributed by atoms with Crippen LogP contribution in [-0.4, -0.2) is 10.9 Å². The lowest BCUT2D eigenvalue weighted by molar-refractivity contribution is -0.113. The number of rotatable bonds is 5. The standard InChI is InChI=1S/C9H18OS/c1-4-6-7-11-9(10)8(3)5-2/h8H,4-7H2,1-3H3. The molecular weight excluding hydrogens is 156 g/mol. The number of unbranched alkanes of at least 4 members (excludes halogenated alkanes) is 1. The van der Waals surface area contributed by atoms with Crippen molar-refractivity contribution in [1.82, 2.24) is 0 Å². The molecule has 0 aliphatic rings. The minimum absolute atomic E-state index is 0.247. The Morgan fingerprint density at radius 3 is 2.55 bits per heavy atom. The molecule has 0 aliphatic heterocycles. The molecule has 1 nitrogen and oxygen atoms in total. The zero-order valence-corrected chi connectivity index (χ0v) is 8.54. The van der Waals surface area contributed by atoms with Gasteiger partial charge < -0.3 is 0 Å². The summed E-state index contributed by atoms with van der Waals surface area (Å²) in [6, 6.07) is 0. The van der Waals surface area contributed by atoms with Crippen LogP contribution in [0.5, 0.6) is 0 Å². The van der Waals surface area contributed by atoms with Crippen LogP contribution in [0.3, 0.4) is 0 Å². The first-order valence-corrected chi connectivity index (χ1v) is 5.37. The van der Waals surface area contributed by atoms with Crippen molar-refractivity contribution >= 4 is 16.9 Å². The van der Waals surface area contributed by atoms with Crippen LogP contribution in [0.25, 0.3) is 0 Å². The molecule has 1 unspecified atom stereocenters. The van der Waals surface area contributed by atoms with Gasteiger partial charge in [0.1, 0.15) is 0 Å². The van der Waals surface area contributed by atoms with Crippen LogP contribution in [0, 0.1) is 5.92 Å². The largest absolute Gasteiger partial charge is 0.287 e. The number of carbonyl (C=O) groups is 1. The van der Waals surface area contributed by atoms with Gasteiger partial charge in [0.05, 0.1) is 0 Å². The highest BCUT2D eigenvalue weighted by Gasteiger charge is 2.09. The number of hydrogen-bond donors (Lipinski definition) is 0. The molecule has 0 aromatic heterocycles. The summed E-state index contributed by atoms with van der Waals surface area (Å²) in [7, 11) is 0. The quantitative estimate of drug-likeness (QED) is 0.596. The zero-order chi connectivity index (χ0) is 8.69. The van der Waals surface area contributed by atoms with Gasteiger partial charge in [0, 0.05) is 11.7 Å². The van der Waals surface area contributed by atoms with Crippen molar-refractivity contribution in [3.8, 4) is 0 Å². The van der Waals surface area contributed by atoms with E-state index >= 15 is 0 Å². The van der Waals surface area contributed by atoms with Crippen molar-refractivity contribution < 1.29 is 4.79 Å². The van der Waals surface area contributed by atoms with Crippen LogP contribution >= 0.6 is 11.8 Å². The Morgan fingerprint density at radius 2 is 2.09 bits per heavy atom. The van der Waals surface area contributed by atoms with E-state index in [-0.39, 0.29) is 5.92 Å². The second-order valence-electron chi connectivity index (χ2n) is 2.83. The minimum Gasteiger partial charge on any atom is -0.287 e. The van der Waals surface area contributed by atoms with Crippen molar-refractivity contribution in [1.29, 1.82) is 0 Å². The lowest BCUT2D eigenvalue weighted by Crippen LogP contribution is -2.05. The van der Waals surface area contributed by atoms with E-state index < -0.39 is 0 Å². The molecule has 0 fully saturated rings. The van der Waals surface area contributed by atoms with E-state index in [4.69, 9.17) is 0 Å². The van der Waals surface area contributed by atoms with Gasteiger partial charge in [-0.05, 0) is 12.8 Å². The van der Waals surface area contributed by atoms with Crippen LogP contribution in [0.4, 0.5) is 0 Å². The molecule has 0 heterocycles. The maximum atomic E-state index is 11.2. The number of hydrogen-bond acceptors (Lipinski definition) is 2. The van der Waals surface area contributed by atoms with E-state index in [1.807, 2.05) is 6.92 Å². The fraction of sp³-hybridized carbons (Fsp3) is 0.889. The fourth-order valence-corrected chi connectivity index (χ4v) is 1.71. The van der Waals surface area contributed by atoms with Gasteiger partial charge in [-0.1, -0.05) is 39.0 Å². The Hall–Kier alpha value is 0.0200. The highest BCUT2D eigenvalue weighted by Crippen LogP contribution is 2.14. The van der Waals surface area contributed by atoms with Crippen molar-refractivity contribution in [3.05, 3.63) is 0 Å². The normalized spacial score (nSPS) is 13.0. The van der Waals surface area contributed by atoms with E-state index in [2.05, 4.69) is 13.8 Å². The lowest BCUT2D eigenvalue weighted by atomic mass is 10.1. The van der Waals surface area contributed by atoms with Crippen LogP contribution in [0.2, 0.25) is 0 Å². The van der Waals surface area contributed by atoms with Crippen LogP contribution in [-0.2, 0) is 4.79 Å². The molecule has 0 aromatic rings. The Bertz CT molecular complexity index is 112. The van der Waals surface area contributed by atoms with E-state index in [9.17, 15) is 4.79 Å². The predicted octanol–water partition coefficient (Wildman–Crippen LogP) is 3.09. The van der Waals surface area contributed by atoms with Gasteiger partial charge in [-0.25, -0.2) is 0 Å². The Labute approximate surface area is 73.9 Å². The van der Waals surface area contributed by atoms with Crippen molar-refractivity contribution in [3.63, 3.8) is 0 Å². The Morgan fingerprint density at radius 1 is 1.45 bits per heavy atom. The lowest BCUT2D eigenvalue weighted by Gasteiger charge is -2.05. The second-order valence-corrected chi connectivity index (χ2v) is 3.93. The molecule has 0 aromatic carbocycles. The van der Waals surface area contributed by atoms with Crippen LogP contribution in [0.15, 0.2) is 0 Å². The molecule has 66 valence electrons. The SMILES string of the molecule is CCCCSC(=O)C(C)CC. The molecule has 0 spiro atoms. The average molecular weight is 174 g/mol. The molecule has 2 heteroatoms. The fourth-order valence-electron chi connectivity index (χ4n) is 0.626. The molecule has 0 N–H and O–H groups in total. The van der Waals surface area contributed by atoms with Crippen molar-refractivity contribution in [2.45, 2.75) is 40.0 Å². The minimum atomic E-state index is 0.247. The first-order valence-electron chi connectivity index (χ1n) is 4.39. The molecule has 0 saturated heterocycles. The number of carbonyl (C=O) groups excluding carboxylic acids is 1. The third-order valence-corrected chi connectivity index (χ3v) is 2.94. The molecule has 0 bridgehead atoms. The van der Waals surface area contributed by atoms with Crippen molar-refractivity contribution in [2.24, 2.45) is 5.92 Å². The van der Waals surface area contributed by atoms with Crippen LogP contribution in [0.1, 0.15) is 40.0 Å². The second kappa shape index (κ2) is 6.71. The van der Waals surface area contributed by atoms with Gasteiger partial charge in [0.15, 0.2) is 5.12 Å². The third kappa shape index (κ3) is 5.31. The summed E-state index contributed by atoms with van der Waals surface area (Å²) >= 11 is 1.49. The number of thioether (sulfide) groups is 1. The Kier molecular flexibility index (Phi) is 6.73. The summed E-state index contributed by atoms with van der Waals surface area (Å²) in [5.74, 6) is 1.25. The van der Waals surface area contributed by atoms with E-state index in [0.717, 1.165) is 18.6 Å². The molecule has 0 rings (SSSR count). The molecule has 0 aliphatic carbocycles. The van der Waals surface area contributed by atoms with E-state index in [1.165, 1.54) is 18.2 Å². The van der Waals surface area contributed by atoms with Gasteiger partial charge in [-0.3, -0.25) is 4.79 Å². The summed E-state index contributed by atoms with van der Waals surface area (Å²) in [4.78, 5) is 11.2. The summed E-state index contributed by atoms with van der Waals surface area (Å²) in [6.07, 6.45) is 3.31. The molecule has 1 atom stereocenters. The highest BCUT2D eigenvalue weighted by atomic mass is 32.2. The summed E-state index contributed by atoms with van der Waals surface area (Å²) in [6.45, 7) is 6.21. The van der Waals surface area contributed by atoms with Crippen LogP contribution < -0.4 is 0 Å². The predicted molar refractivity (Wildman–Crippen MR) is 51.8 cm³/mol. The van der Waals surface area contributed by atoms with Gasteiger partial charge in [-0.15, -0.1) is 0 Å². The molecule has 0 saturated carbocycles. The zero-order valence-electron chi connectivity index (χ0n) is 7.72. The maximum absolute atomic E-state index is 11.2. The van der Waals surface area contributed by atoms with E-state index in [1.54, 1.807) is 0 Å². The Balaban J connectivity index is 3.36. The highest BCUT2D eigenvalue weighted by molar-refractivity contribution is 8.13. The van der Waals surface area contributed by atoms with Gasteiger partial charge >= 0.3 is 0 Å². The summed E-state index contributed by atoms with van der Waals surface area (Å²) < 4.78 is 0. The van der Waals surface area contributed by atoms with Gasteiger partial charge in [0.2, 0.25) is 0 Å². The summed E-state index contributed by atoms with van der Waals surface area (Å²) in [5.41, 5.74) is 0. The maximum Gasteiger partial charge on any atom is 0.191 e. The molecule has 11 heavy (non-hydrogen) atoms. The third-order valence-electron chi connectivity index (χ3n) is 1.76. The molecule has 0 amide bonds. The molecular formula is C9H18OS.